The summed E-state index contributed by atoms with van der Waals surface area (Å²) in [5.41, 5.74) is 7.94. The zero-order valence-electron chi connectivity index (χ0n) is 16.2. The van der Waals surface area contributed by atoms with Gasteiger partial charge in [0.05, 0.1) is 0 Å². The smallest absolute Gasteiger partial charge is 0.256 e. The predicted octanol–water partition coefficient (Wildman–Crippen LogP) is 2.20. The number of rotatable bonds is 5. The van der Waals surface area contributed by atoms with Crippen molar-refractivity contribution in [2.45, 2.75) is 12.7 Å². The highest BCUT2D eigenvalue weighted by Gasteiger charge is 2.33. The number of carbonyl (C=O) groups excluding carboxylic acids is 2. The molecule has 0 spiro atoms. The van der Waals surface area contributed by atoms with E-state index in [2.05, 4.69) is 5.32 Å². The van der Waals surface area contributed by atoms with E-state index in [0.29, 0.717) is 27.7 Å². The van der Waals surface area contributed by atoms with Crippen LogP contribution >= 0.6 is 14.5 Å². The molecule has 0 saturated carbocycles. The Balaban J connectivity index is 1.94. The summed E-state index contributed by atoms with van der Waals surface area (Å²) in [6.07, 6.45) is 1.66. The summed E-state index contributed by atoms with van der Waals surface area (Å²) in [5.74, 6) is -2.32. The van der Waals surface area contributed by atoms with Crippen molar-refractivity contribution < 1.29 is 23.6 Å². The monoisotopic (exact) mass is 432 g/mol. The van der Waals surface area contributed by atoms with Crippen LogP contribution in [-0.2, 0) is 18.7 Å². The molecule has 2 atom stereocenters. The van der Waals surface area contributed by atoms with Crippen molar-refractivity contribution in [3.05, 3.63) is 53.6 Å². The number of benzene rings is 2. The van der Waals surface area contributed by atoms with Crippen molar-refractivity contribution in [3.8, 4) is 0 Å². The topological polar surface area (TPSA) is 127 Å². The maximum absolute atomic E-state index is 12.4. The normalized spacial score (nSPS) is 18.1. The van der Waals surface area contributed by atoms with Gasteiger partial charge in [0.15, 0.2) is 5.78 Å². The van der Waals surface area contributed by atoms with Crippen molar-refractivity contribution in [2.24, 2.45) is 5.73 Å². The number of hydrogen-bond donors (Lipinski definition) is 3. The number of ketones is 1. The molecule has 4 N–H and O–H groups in total. The van der Waals surface area contributed by atoms with Crippen LogP contribution in [0, 0.1) is 0 Å². The summed E-state index contributed by atoms with van der Waals surface area (Å²) in [7, 11) is -6.48. The fraction of sp³-hybridized carbons (Fsp3) is 0.200. The van der Waals surface area contributed by atoms with Crippen molar-refractivity contribution in [2.75, 3.05) is 18.6 Å². The fourth-order valence-corrected chi connectivity index (χ4v) is 5.28. The van der Waals surface area contributed by atoms with E-state index >= 15 is 0 Å². The molecular weight excluding hydrogens is 410 g/mol. The van der Waals surface area contributed by atoms with E-state index in [0.717, 1.165) is 0 Å². The van der Waals surface area contributed by atoms with Crippen LogP contribution in [0.4, 0.5) is 5.69 Å². The maximum Gasteiger partial charge on any atom is 0.256 e. The van der Waals surface area contributed by atoms with E-state index in [4.69, 9.17) is 5.73 Å². The van der Waals surface area contributed by atoms with Crippen molar-refractivity contribution in [1.29, 1.82) is 0 Å². The summed E-state index contributed by atoms with van der Waals surface area (Å²) >= 11 is 0. The first kappa shape index (κ1) is 21.4. The molecule has 0 aliphatic carbocycles. The highest BCUT2D eigenvalue weighted by atomic mass is 31.2. The lowest BCUT2D eigenvalue weighted by Crippen LogP contribution is -2.32. The Morgan fingerprint density at radius 1 is 1.10 bits per heavy atom. The molecule has 9 heteroatoms. The Morgan fingerprint density at radius 2 is 1.69 bits per heavy atom. The fourth-order valence-electron chi connectivity index (χ4n) is 3.02. The van der Waals surface area contributed by atoms with Crippen molar-refractivity contribution >= 4 is 54.1 Å². The van der Waals surface area contributed by atoms with E-state index in [1.54, 1.807) is 49.7 Å². The van der Waals surface area contributed by atoms with Crippen molar-refractivity contribution in [3.63, 3.8) is 0 Å². The first-order chi connectivity index (χ1) is 13.4. The Kier molecular flexibility index (Phi) is 5.54. The standard InChI is InChI=1S/C20H22N2O5P2/c1-12(23)19(21)29(26,27)14-6-4-13(5-7-14)10-17-16-9-8-15(28(2,3)25)11-18(16)22-20(17)24/h4-11,19H,21H2,1-3H3,(H,22,24)(H,26,27)/b17-10-. The second kappa shape index (κ2) is 7.51. The summed E-state index contributed by atoms with van der Waals surface area (Å²) in [6.45, 7) is 4.51. The van der Waals surface area contributed by atoms with Crippen molar-refractivity contribution in [1.82, 2.24) is 0 Å². The van der Waals surface area contributed by atoms with Gasteiger partial charge in [0.25, 0.3) is 13.3 Å². The molecule has 2 unspecified atom stereocenters. The molecule has 152 valence electrons. The SMILES string of the molecule is CC(=O)C(N)P(=O)(O)c1ccc(/C=C2\C(=O)Nc3cc(P(C)(C)=O)ccc32)cc1. The lowest BCUT2D eigenvalue weighted by atomic mass is 10.0. The third-order valence-corrected chi connectivity index (χ3v) is 8.45. The molecule has 0 aromatic heterocycles. The van der Waals surface area contributed by atoms with Crippen LogP contribution in [0.2, 0.25) is 0 Å². The number of nitrogens with two attached hydrogens (primary N) is 1. The van der Waals surface area contributed by atoms with E-state index in [-0.39, 0.29) is 11.2 Å². The van der Waals surface area contributed by atoms with E-state index in [1.807, 2.05) is 0 Å². The first-order valence-corrected chi connectivity index (χ1v) is 13.2. The number of nitrogens with one attached hydrogen (secondary N) is 1. The highest BCUT2D eigenvalue weighted by molar-refractivity contribution is 7.70. The minimum atomic E-state index is -4.03. The molecule has 0 radical (unpaired) electrons. The average molecular weight is 432 g/mol. The summed E-state index contributed by atoms with van der Waals surface area (Å²) in [4.78, 5) is 33.9. The van der Waals surface area contributed by atoms with Gasteiger partial charge in [-0.15, -0.1) is 0 Å². The summed E-state index contributed by atoms with van der Waals surface area (Å²) in [5, 5.41) is 3.53. The molecule has 7 nitrogen and oxygen atoms in total. The second-order valence-electron chi connectivity index (χ2n) is 7.36. The molecule has 0 fully saturated rings. The van der Waals surface area contributed by atoms with Crippen LogP contribution in [-0.4, -0.2) is 35.7 Å². The minimum Gasteiger partial charge on any atom is -0.340 e. The molecule has 0 bridgehead atoms. The van der Waals surface area contributed by atoms with Gasteiger partial charge in [0.2, 0.25) is 0 Å². The Labute approximate surface area is 168 Å². The largest absolute Gasteiger partial charge is 0.340 e. The van der Waals surface area contributed by atoms with E-state index < -0.39 is 26.1 Å². The number of Topliss-reactive ketones (excluding diaryl/α,β-unsaturated/α-hetero) is 1. The molecule has 1 amide bonds. The average Bonchev–Trinajstić information content (AvgIpc) is 2.95. The van der Waals surface area contributed by atoms with Gasteiger partial charge in [-0.1, -0.05) is 24.3 Å². The molecule has 29 heavy (non-hydrogen) atoms. The molecule has 1 aliphatic heterocycles. The second-order valence-corrected chi connectivity index (χ2v) is 12.9. The first-order valence-electron chi connectivity index (χ1n) is 8.83. The van der Waals surface area contributed by atoms with Gasteiger partial charge >= 0.3 is 0 Å². The number of anilines is 1. The predicted molar refractivity (Wildman–Crippen MR) is 117 cm³/mol. The van der Waals surface area contributed by atoms with Gasteiger partial charge in [-0.2, -0.15) is 0 Å². The molecule has 1 heterocycles. The molecular formula is C20H22N2O5P2. The quantitative estimate of drug-likeness (QED) is 0.491. The third kappa shape index (κ3) is 4.19. The maximum atomic E-state index is 12.4. The van der Waals surface area contributed by atoms with Gasteiger partial charge in [0, 0.05) is 27.4 Å². The Hall–Kier alpha value is -2.30. The van der Waals surface area contributed by atoms with Crippen LogP contribution in [0.15, 0.2) is 42.5 Å². The number of carbonyl (C=O) groups is 2. The van der Waals surface area contributed by atoms with Gasteiger partial charge in [-0.3, -0.25) is 14.2 Å². The van der Waals surface area contributed by atoms with Crippen LogP contribution in [0.3, 0.4) is 0 Å². The lowest BCUT2D eigenvalue weighted by molar-refractivity contribution is -0.116. The van der Waals surface area contributed by atoms with Gasteiger partial charge in [0.1, 0.15) is 12.9 Å². The minimum absolute atomic E-state index is 0.0740. The van der Waals surface area contributed by atoms with Gasteiger partial charge in [-0.05, 0) is 50.1 Å². The number of hydrogen-bond acceptors (Lipinski definition) is 5. The van der Waals surface area contributed by atoms with E-state index in [9.17, 15) is 23.6 Å². The number of amides is 1. The third-order valence-electron chi connectivity index (χ3n) is 4.78. The van der Waals surface area contributed by atoms with Crippen LogP contribution in [0.25, 0.3) is 11.6 Å². The highest BCUT2D eigenvalue weighted by Crippen LogP contribution is 2.43. The zero-order valence-corrected chi connectivity index (χ0v) is 18.0. The van der Waals surface area contributed by atoms with Gasteiger partial charge in [-0.25, -0.2) is 0 Å². The molecule has 2 aromatic carbocycles. The van der Waals surface area contributed by atoms with E-state index in [1.165, 1.54) is 19.1 Å². The summed E-state index contributed by atoms with van der Waals surface area (Å²) in [6, 6.07) is 11.3. The molecule has 0 saturated heterocycles. The Morgan fingerprint density at radius 3 is 2.24 bits per heavy atom. The zero-order chi connectivity index (χ0) is 21.6. The number of fused-ring (bicyclic) bond motifs is 1. The van der Waals surface area contributed by atoms with Gasteiger partial charge < -0.3 is 20.5 Å². The summed E-state index contributed by atoms with van der Waals surface area (Å²) < 4.78 is 24.7. The molecule has 2 aromatic rings. The van der Waals surface area contributed by atoms with Crippen LogP contribution in [0.5, 0.6) is 0 Å². The lowest BCUT2D eigenvalue weighted by Gasteiger charge is -2.17. The Bertz CT molecular complexity index is 1130. The molecule has 3 rings (SSSR count). The van der Waals surface area contributed by atoms with Crippen LogP contribution in [0.1, 0.15) is 18.1 Å². The molecule has 1 aliphatic rings. The van der Waals surface area contributed by atoms with Crippen LogP contribution < -0.4 is 21.7 Å².